The summed E-state index contributed by atoms with van der Waals surface area (Å²) >= 11 is 0. The molecule has 3 aromatic carbocycles. The van der Waals surface area contributed by atoms with E-state index in [9.17, 15) is 18.4 Å². The molecule has 3 aromatic rings. The molecule has 0 radical (unpaired) electrons. The van der Waals surface area contributed by atoms with Crippen LogP contribution in [0.4, 0.5) is 20.2 Å². The molecular weight excluding hydrogens is 414 g/mol. The van der Waals surface area contributed by atoms with Gasteiger partial charge in [0.1, 0.15) is 23.1 Å². The quantitative estimate of drug-likeness (QED) is 0.546. The van der Waals surface area contributed by atoms with Crippen molar-refractivity contribution in [3.8, 4) is 5.75 Å². The SMILES string of the molecule is CC(C)Oc1ccc(NC2=C(c3ccc(F)cc3)C(=O)N(c3ccc(F)cc3)C2=O)cc1. The molecular formula is C25H20F2N2O3. The smallest absolute Gasteiger partial charge is 0.282 e. The van der Waals surface area contributed by atoms with Gasteiger partial charge in [-0.1, -0.05) is 12.1 Å². The van der Waals surface area contributed by atoms with E-state index >= 15 is 0 Å². The summed E-state index contributed by atoms with van der Waals surface area (Å²) in [6.07, 6.45) is 0.0138. The lowest BCUT2D eigenvalue weighted by molar-refractivity contribution is -0.120. The van der Waals surface area contributed by atoms with Crippen LogP contribution in [0, 0.1) is 11.6 Å². The fraction of sp³-hybridized carbons (Fsp3) is 0.120. The summed E-state index contributed by atoms with van der Waals surface area (Å²) in [6.45, 7) is 3.83. The van der Waals surface area contributed by atoms with Gasteiger partial charge in [0.2, 0.25) is 0 Å². The summed E-state index contributed by atoms with van der Waals surface area (Å²) in [7, 11) is 0. The molecule has 0 atom stereocenters. The first-order valence-corrected chi connectivity index (χ1v) is 10.0. The molecule has 0 aromatic heterocycles. The standard InChI is InChI=1S/C25H20F2N2O3/c1-15(2)32-21-13-9-19(10-14-21)28-23-22(16-3-5-17(26)6-4-16)24(30)29(25(23)31)20-11-7-18(27)8-12-20/h3-15,28H,1-2H3. The molecule has 162 valence electrons. The van der Waals surface area contributed by atoms with Gasteiger partial charge < -0.3 is 10.1 Å². The molecule has 0 saturated heterocycles. The topological polar surface area (TPSA) is 58.6 Å². The van der Waals surface area contributed by atoms with Crippen LogP contribution in [0.5, 0.6) is 5.75 Å². The number of anilines is 2. The maximum atomic E-state index is 13.5. The van der Waals surface area contributed by atoms with E-state index < -0.39 is 23.4 Å². The molecule has 0 spiro atoms. The van der Waals surface area contributed by atoms with Gasteiger partial charge in [-0.2, -0.15) is 0 Å². The molecule has 5 nitrogen and oxygen atoms in total. The van der Waals surface area contributed by atoms with E-state index in [2.05, 4.69) is 5.32 Å². The summed E-state index contributed by atoms with van der Waals surface area (Å²) < 4.78 is 32.5. The van der Waals surface area contributed by atoms with Gasteiger partial charge in [0, 0.05) is 5.69 Å². The molecule has 4 rings (SSSR count). The van der Waals surface area contributed by atoms with Crippen molar-refractivity contribution in [2.45, 2.75) is 20.0 Å². The highest BCUT2D eigenvalue weighted by molar-refractivity contribution is 6.46. The van der Waals surface area contributed by atoms with Crippen molar-refractivity contribution in [3.05, 3.63) is 95.7 Å². The maximum absolute atomic E-state index is 13.5. The Balaban J connectivity index is 1.73. The largest absolute Gasteiger partial charge is 0.491 e. The van der Waals surface area contributed by atoms with Gasteiger partial charge in [-0.3, -0.25) is 9.59 Å². The minimum atomic E-state index is -0.594. The lowest BCUT2D eigenvalue weighted by atomic mass is 10.0. The van der Waals surface area contributed by atoms with Crippen molar-refractivity contribution in [2.75, 3.05) is 10.2 Å². The van der Waals surface area contributed by atoms with Crippen molar-refractivity contribution < 1.29 is 23.1 Å². The second kappa shape index (κ2) is 8.63. The minimum Gasteiger partial charge on any atom is -0.491 e. The van der Waals surface area contributed by atoms with Crippen LogP contribution in [0.25, 0.3) is 5.57 Å². The number of nitrogens with one attached hydrogen (secondary N) is 1. The van der Waals surface area contributed by atoms with Gasteiger partial charge in [-0.25, -0.2) is 13.7 Å². The van der Waals surface area contributed by atoms with E-state index in [0.29, 0.717) is 17.0 Å². The number of benzene rings is 3. The average Bonchev–Trinajstić information content (AvgIpc) is 3.00. The molecule has 0 saturated carbocycles. The Morgan fingerprint density at radius 1 is 0.781 bits per heavy atom. The van der Waals surface area contributed by atoms with Crippen LogP contribution in [0.1, 0.15) is 19.4 Å². The summed E-state index contributed by atoms with van der Waals surface area (Å²) in [6, 6.07) is 17.3. The number of rotatable bonds is 6. The highest BCUT2D eigenvalue weighted by Crippen LogP contribution is 2.34. The van der Waals surface area contributed by atoms with Crippen LogP contribution < -0.4 is 15.0 Å². The van der Waals surface area contributed by atoms with Crippen LogP contribution in [0.3, 0.4) is 0 Å². The van der Waals surface area contributed by atoms with Gasteiger partial charge >= 0.3 is 0 Å². The fourth-order valence-corrected chi connectivity index (χ4v) is 3.39. The third kappa shape index (κ3) is 4.23. The Labute approximate surface area is 183 Å². The number of carbonyl (C=O) groups excluding carboxylic acids is 2. The Morgan fingerprint density at radius 2 is 1.34 bits per heavy atom. The van der Waals surface area contributed by atoms with Crippen molar-refractivity contribution >= 4 is 28.8 Å². The first kappa shape index (κ1) is 21.2. The third-order valence-electron chi connectivity index (χ3n) is 4.80. The normalized spacial score (nSPS) is 13.8. The van der Waals surface area contributed by atoms with E-state index in [0.717, 1.165) is 4.90 Å². The zero-order valence-electron chi connectivity index (χ0n) is 17.4. The van der Waals surface area contributed by atoms with Gasteiger partial charge in [-0.05, 0) is 80.1 Å². The van der Waals surface area contributed by atoms with Gasteiger partial charge in [0.25, 0.3) is 11.8 Å². The second-order valence-corrected chi connectivity index (χ2v) is 7.50. The molecule has 0 fully saturated rings. The van der Waals surface area contributed by atoms with Crippen LogP contribution in [0.15, 0.2) is 78.5 Å². The Kier molecular flexibility index (Phi) is 5.73. The van der Waals surface area contributed by atoms with Crippen molar-refractivity contribution in [1.82, 2.24) is 0 Å². The zero-order chi connectivity index (χ0) is 22.8. The van der Waals surface area contributed by atoms with Gasteiger partial charge in [0.05, 0.1) is 17.4 Å². The predicted molar refractivity (Wildman–Crippen MR) is 118 cm³/mol. The molecule has 1 N–H and O–H groups in total. The minimum absolute atomic E-state index is 0.0138. The number of imide groups is 1. The fourth-order valence-electron chi connectivity index (χ4n) is 3.39. The Bertz CT molecular complexity index is 1190. The Hall–Kier alpha value is -4.00. The highest BCUT2D eigenvalue weighted by atomic mass is 19.1. The van der Waals surface area contributed by atoms with Crippen molar-refractivity contribution in [3.63, 3.8) is 0 Å². The number of halogens is 2. The number of hydrogen-bond acceptors (Lipinski definition) is 4. The van der Waals surface area contributed by atoms with Crippen LogP contribution in [-0.2, 0) is 9.59 Å². The van der Waals surface area contributed by atoms with Gasteiger partial charge in [0.15, 0.2) is 0 Å². The number of ether oxygens (including phenoxy) is 1. The molecule has 1 heterocycles. The van der Waals surface area contributed by atoms with E-state index in [1.165, 1.54) is 48.5 Å². The second-order valence-electron chi connectivity index (χ2n) is 7.50. The molecule has 7 heteroatoms. The number of carbonyl (C=O) groups is 2. The molecule has 1 aliphatic heterocycles. The van der Waals surface area contributed by atoms with Crippen LogP contribution >= 0.6 is 0 Å². The van der Waals surface area contributed by atoms with E-state index in [1.54, 1.807) is 24.3 Å². The number of hydrogen-bond donors (Lipinski definition) is 1. The van der Waals surface area contributed by atoms with Crippen LogP contribution in [-0.4, -0.2) is 17.9 Å². The lowest BCUT2D eigenvalue weighted by Gasteiger charge is -2.15. The lowest BCUT2D eigenvalue weighted by Crippen LogP contribution is -2.32. The molecule has 0 bridgehead atoms. The molecule has 2 amide bonds. The number of amides is 2. The van der Waals surface area contributed by atoms with Crippen LogP contribution in [0.2, 0.25) is 0 Å². The van der Waals surface area contributed by atoms with Gasteiger partial charge in [-0.15, -0.1) is 0 Å². The zero-order valence-corrected chi connectivity index (χ0v) is 17.4. The first-order chi connectivity index (χ1) is 15.3. The van der Waals surface area contributed by atoms with Crippen molar-refractivity contribution in [2.24, 2.45) is 0 Å². The average molecular weight is 434 g/mol. The van der Waals surface area contributed by atoms with E-state index in [1.807, 2.05) is 13.8 Å². The highest BCUT2D eigenvalue weighted by Gasteiger charge is 2.40. The monoisotopic (exact) mass is 434 g/mol. The summed E-state index contributed by atoms with van der Waals surface area (Å²) in [4.78, 5) is 27.5. The molecule has 32 heavy (non-hydrogen) atoms. The van der Waals surface area contributed by atoms with E-state index in [4.69, 9.17) is 4.74 Å². The summed E-state index contributed by atoms with van der Waals surface area (Å²) in [5, 5.41) is 3.02. The van der Waals surface area contributed by atoms with Crippen molar-refractivity contribution in [1.29, 1.82) is 0 Å². The molecule has 1 aliphatic rings. The number of nitrogens with zero attached hydrogens (tertiary/aromatic N) is 1. The Morgan fingerprint density at radius 3 is 1.91 bits per heavy atom. The third-order valence-corrected chi connectivity index (χ3v) is 4.80. The van der Waals surface area contributed by atoms with E-state index in [-0.39, 0.29) is 23.1 Å². The summed E-state index contributed by atoms with van der Waals surface area (Å²) in [5.41, 5.74) is 1.33. The predicted octanol–water partition coefficient (Wildman–Crippen LogP) is 5.15. The molecule has 0 aliphatic carbocycles. The maximum Gasteiger partial charge on any atom is 0.282 e. The molecule has 0 unspecified atom stereocenters. The first-order valence-electron chi connectivity index (χ1n) is 10.0. The summed E-state index contributed by atoms with van der Waals surface area (Å²) in [5.74, 6) is -1.46.